The highest BCUT2D eigenvalue weighted by Crippen LogP contribution is 2.40. The van der Waals surface area contributed by atoms with Gasteiger partial charge in [0.05, 0.1) is 0 Å². The van der Waals surface area contributed by atoms with Crippen molar-refractivity contribution in [3.8, 4) is 0 Å². The van der Waals surface area contributed by atoms with Crippen molar-refractivity contribution in [2.75, 3.05) is 0 Å². The van der Waals surface area contributed by atoms with Gasteiger partial charge in [-0.25, -0.2) is 0 Å². The zero-order chi connectivity index (χ0) is 9.14. The molecule has 0 aromatic carbocycles. The van der Waals surface area contributed by atoms with Gasteiger partial charge in [-0.05, 0) is 25.7 Å². The Morgan fingerprint density at radius 3 is 1.92 bits per heavy atom. The third-order valence-corrected chi connectivity index (χ3v) is 2.74. The van der Waals surface area contributed by atoms with Crippen LogP contribution in [0.4, 0.5) is 0 Å². The Kier molecular flexibility index (Phi) is 2.85. The third-order valence-electron chi connectivity index (χ3n) is 2.74. The van der Waals surface area contributed by atoms with Crippen molar-refractivity contribution in [2.45, 2.75) is 25.7 Å². The Morgan fingerprint density at radius 2 is 1.50 bits per heavy atom. The Morgan fingerprint density at radius 1 is 1.08 bits per heavy atom. The molecule has 2 aliphatic carbocycles. The Bertz CT molecular complexity index is 187. The van der Waals surface area contributed by atoms with Gasteiger partial charge >= 0.3 is 0 Å². The molecule has 0 aromatic heterocycles. The number of fused-ring (bicyclic) bond motifs is 2. The molecule has 0 N–H and O–H groups in total. The normalized spacial score (nSPS) is 32.7. The summed E-state index contributed by atoms with van der Waals surface area (Å²) in [6.07, 6.45) is 4.22. The van der Waals surface area contributed by atoms with Gasteiger partial charge in [0, 0.05) is 11.8 Å². The van der Waals surface area contributed by atoms with Gasteiger partial charge in [0.15, 0.2) is 0 Å². The highest BCUT2D eigenvalue weighted by molar-refractivity contribution is 5.87. The summed E-state index contributed by atoms with van der Waals surface area (Å²) < 4.78 is 0. The van der Waals surface area contributed by atoms with E-state index in [0.717, 1.165) is 25.7 Å². The topological polar surface area (TPSA) is 17.1 Å². The summed E-state index contributed by atoms with van der Waals surface area (Å²) in [5, 5.41) is 0. The number of ketones is 1. The van der Waals surface area contributed by atoms with Gasteiger partial charge in [-0.1, -0.05) is 12.2 Å². The molecule has 2 fully saturated rings. The molecule has 0 aromatic rings. The summed E-state index contributed by atoms with van der Waals surface area (Å²) in [6, 6.07) is 0. The molecule has 2 aliphatic rings. The van der Waals surface area contributed by atoms with E-state index < -0.39 is 0 Å². The number of hydrogen-bond donors (Lipinski definition) is 0. The van der Waals surface area contributed by atoms with Gasteiger partial charge in [-0.2, -0.15) is 0 Å². The van der Waals surface area contributed by atoms with Crippen molar-refractivity contribution >= 4 is 5.78 Å². The van der Waals surface area contributed by atoms with Crippen molar-refractivity contribution in [3.05, 3.63) is 25.3 Å². The summed E-state index contributed by atoms with van der Waals surface area (Å²) in [5.74, 6) is 1.25. The molecule has 1 nitrogen and oxygen atoms in total. The lowest BCUT2D eigenvalue weighted by molar-refractivity contribution is -0.124. The van der Waals surface area contributed by atoms with Gasteiger partial charge in [-0.15, -0.1) is 13.2 Å². The number of allylic oxidation sites excluding steroid dienone is 1. The van der Waals surface area contributed by atoms with E-state index in [-0.39, 0.29) is 0 Å². The molecule has 0 heterocycles. The summed E-state index contributed by atoms with van der Waals surface area (Å²) in [7, 11) is 0. The van der Waals surface area contributed by atoms with Crippen molar-refractivity contribution in [3.63, 3.8) is 0 Å². The molecule has 2 rings (SSSR count). The Balaban J connectivity index is 0.000000336. The molecule has 2 saturated carbocycles. The van der Waals surface area contributed by atoms with Crippen LogP contribution in [0.2, 0.25) is 0 Å². The van der Waals surface area contributed by atoms with E-state index in [9.17, 15) is 4.79 Å². The Labute approximate surface area is 74.2 Å². The maximum Gasteiger partial charge on any atom is 0.139 e. The van der Waals surface area contributed by atoms with Crippen LogP contribution < -0.4 is 0 Å². The lowest BCUT2D eigenvalue weighted by atomic mass is 9.85. The SMILES string of the molecule is C=C.C=C1CC2CCC(C1)C2=O. The molecule has 0 spiro atoms. The minimum Gasteiger partial charge on any atom is -0.299 e. The summed E-state index contributed by atoms with van der Waals surface area (Å²) >= 11 is 0. The van der Waals surface area contributed by atoms with Crippen molar-refractivity contribution < 1.29 is 4.79 Å². The lowest BCUT2D eigenvalue weighted by Crippen LogP contribution is -2.20. The van der Waals surface area contributed by atoms with Crippen LogP contribution in [-0.4, -0.2) is 5.78 Å². The van der Waals surface area contributed by atoms with Crippen molar-refractivity contribution in [2.24, 2.45) is 11.8 Å². The van der Waals surface area contributed by atoms with Crippen LogP contribution in [0, 0.1) is 11.8 Å². The standard InChI is InChI=1S/C9H12O.C2H4/c1-6-4-7-2-3-8(5-6)9(7)10;1-2/h7-8H,1-5H2;1-2H2. The maximum atomic E-state index is 11.3. The average Bonchev–Trinajstić information content (AvgIpc) is 2.35. The number of hydrogen-bond acceptors (Lipinski definition) is 1. The molecule has 66 valence electrons. The van der Waals surface area contributed by atoms with E-state index in [1.165, 1.54) is 5.57 Å². The van der Waals surface area contributed by atoms with Gasteiger partial charge in [-0.3, -0.25) is 4.79 Å². The number of Topliss-reactive ketones (excluding diaryl/α,β-unsaturated/α-hetero) is 1. The summed E-state index contributed by atoms with van der Waals surface area (Å²) in [5.41, 5.74) is 1.30. The first kappa shape index (κ1) is 9.24. The van der Waals surface area contributed by atoms with Crippen molar-refractivity contribution in [1.82, 2.24) is 0 Å². The molecule has 0 amide bonds. The zero-order valence-corrected chi connectivity index (χ0v) is 7.51. The fraction of sp³-hybridized carbons (Fsp3) is 0.545. The summed E-state index contributed by atoms with van der Waals surface area (Å²) in [6.45, 7) is 9.94. The highest BCUT2D eigenvalue weighted by atomic mass is 16.1. The van der Waals surface area contributed by atoms with Crippen LogP contribution in [0.1, 0.15) is 25.7 Å². The van der Waals surface area contributed by atoms with E-state index >= 15 is 0 Å². The van der Waals surface area contributed by atoms with Crippen LogP contribution in [0.25, 0.3) is 0 Å². The van der Waals surface area contributed by atoms with E-state index in [0.29, 0.717) is 17.6 Å². The predicted molar refractivity (Wildman–Crippen MR) is 50.8 cm³/mol. The van der Waals surface area contributed by atoms with Gasteiger partial charge in [0.1, 0.15) is 5.78 Å². The molecule has 0 aliphatic heterocycles. The van der Waals surface area contributed by atoms with Gasteiger partial charge in [0.25, 0.3) is 0 Å². The minimum absolute atomic E-state index is 0.367. The zero-order valence-electron chi connectivity index (χ0n) is 7.51. The molecule has 1 heteroatoms. The monoisotopic (exact) mass is 164 g/mol. The summed E-state index contributed by atoms with van der Waals surface area (Å²) in [4.78, 5) is 11.3. The van der Waals surface area contributed by atoms with Crippen molar-refractivity contribution in [1.29, 1.82) is 0 Å². The third kappa shape index (κ3) is 1.50. The Hall–Kier alpha value is -0.850. The molecule has 2 atom stereocenters. The second-order valence-electron chi connectivity index (χ2n) is 3.53. The largest absolute Gasteiger partial charge is 0.299 e. The number of carbonyl (C=O) groups is 1. The highest BCUT2D eigenvalue weighted by Gasteiger charge is 2.38. The lowest BCUT2D eigenvalue weighted by Gasteiger charge is -2.18. The first-order valence-corrected chi connectivity index (χ1v) is 4.48. The van der Waals surface area contributed by atoms with Crippen LogP contribution >= 0.6 is 0 Å². The van der Waals surface area contributed by atoms with Gasteiger partial charge in [0.2, 0.25) is 0 Å². The fourth-order valence-corrected chi connectivity index (χ4v) is 2.21. The smallest absolute Gasteiger partial charge is 0.139 e. The van der Waals surface area contributed by atoms with Crippen LogP contribution in [-0.2, 0) is 4.79 Å². The van der Waals surface area contributed by atoms with Crippen LogP contribution in [0.3, 0.4) is 0 Å². The first-order valence-electron chi connectivity index (χ1n) is 4.48. The minimum atomic E-state index is 0.367. The van der Waals surface area contributed by atoms with E-state index in [2.05, 4.69) is 19.7 Å². The average molecular weight is 164 g/mol. The predicted octanol–water partition coefficient (Wildman–Crippen LogP) is 2.73. The molecule has 2 bridgehead atoms. The second-order valence-corrected chi connectivity index (χ2v) is 3.53. The van der Waals surface area contributed by atoms with Gasteiger partial charge < -0.3 is 0 Å². The molecule has 2 unspecified atom stereocenters. The van der Waals surface area contributed by atoms with E-state index in [1.807, 2.05) is 0 Å². The molecule has 0 radical (unpaired) electrons. The number of rotatable bonds is 0. The molecular weight excluding hydrogens is 148 g/mol. The van der Waals surface area contributed by atoms with Crippen LogP contribution in [0.15, 0.2) is 25.3 Å². The molecule has 0 saturated heterocycles. The fourth-order valence-electron chi connectivity index (χ4n) is 2.21. The molecular formula is C11H16O. The van der Waals surface area contributed by atoms with Crippen LogP contribution in [0.5, 0.6) is 0 Å². The second kappa shape index (κ2) is 3.70. The first-order chi connectivity index (χ1) is 5.77. The number of carbonyl (C=O) groups excluding carboxylic acids is 1. The quantitative estimate of drug-likeness (QED) is 0.503. The molecule has 12 heavy (non-hydrogen) atoms. The maximum absolute atomic E-state index is 11.3. The van der Waals surface area contributed by atoms with E-state index in [1.54, 1.807) is 0 Å². The van der Waals surface area contributed by atoms with E-state index in [4.69, 9.17) is 0 Å².